The third-order valence-electron chi connectivity index (χ3n) is 4.97. The number of benzene rings is 1. The number of amides is 1. The van der Waals surface area contributed by atoms with Crippen LogP contribution in [-0.4, -0.2) is 54.4 Å². The van der Waals surface area contributed by atoms with Gasteiger partial charge in [-0.15, -0.1) is 0 Å². The van der Waals surface area contributed by atoms with Crippen LogP contribution in [0.1, 0.15) is 43.0 Å². The molecule has 3 rings (SSSR count). The van der Waals surface area contributed by atoms with E-state index in [9.17, 15) is 9.90 Å². The van der Waals surface area contributed by atoms with E-state index in [0.29, 0.717) is 31.8 Å². The van der Waals surface area contributed by atoms with E-state index in [4.69, 9.17) is 9.47 Å². The Labute approximate surface area is 143 Å². The van der Waals surface area contributed by atoms with Gasteiger partial charge >= 0.3 is 0 Å². The summed E-state index contributed by atoms with van der Waals surface area (Å²) >= 11 is 0. The predicted molar refractivity (Wildman–Crippen MR) is 91.2 cm³/mol. The standard InChI is InChI=1S/C19H27NO4/c1-2-10-24-15-6-3-5-14(12-15)19(22)20-9-4-7-17(20)16-13-23-11-8-18(16)21/h3,5-6,12,16-18,21H,2,4,7-11,13H2,1H3/t16-,17+,18-/m0/s1. The zero-order chi connectivity index (χ0) is 16.9. The van der Waals surface area contributed by atoms with Gasteiger partial charge in [0.2, 0.25) is 0 Å². The quantitative estimate of drug-likeness (QED) is 0.899. The van der Waals surface area contributed by atoms with Gasteiger partial charge in [-0.2, -0.15) is 0 Å². The monoisotopic (exact) mass is 333 g/mol. The van der Waals surface area contributed by atoms with Crippen molar-refractivity contribution in [3.8, 4) is 5.75 Å². The molecule has 0 radical (unpaired) electrons. The first kappa shape index (κ1) is 17.2. The number of aliphatic hydroxyl groups is 1. The average Bonchev–Trinajstić information content (AvgIpc) is 3.09. The fourth-order valence-electron chi connectivity index (χ4n) is 3.71. The van der Waals surface area contributed by atoms with Gasteiger partial charge in [-0.1, -0.05) is 13.0 Å². The largest absolute Gasteiger partial charge is 0.494 e. The fraction of sp³-hybridized carbons (Fsp3) is 0.632. The van der Waals surface area contributed by atoms with Crippen LogP contribution < -0.4 is 4.74 Å². The summed E-state index contributed by atoms with van der Waals surface area (Å²) in [5.41, 5.74) is 0.654. The molecule has 0 aromatic heterocycles. The SMILES string of the molecule is CCCOc1cccc(C(=O)N2CCC[C@@H]2[C@@H]2COCC[C@@H]2O)c1. The third-order valence-corrected chi connectivity index (χ3v) is 4.97. The van der Waals surface area contributed by atoms with Crippen molar-refractivity contribution in [2.75, 3.05) is 26.4 Å². The average molecular weight is 333 g/mol. The van der Waals surface area contributed by atoms with Crippen LogP contribution in [0.25, 0.3) is 0 Å². The Kier molecular flexibility index (Phi) is 5.74. The molecular formula is C19H27NO4. The molecule has 132 valence electrons. The molecule has 2 saturated heterocycles. The summed E-state index contributed by atoms with van der Waals surface area (Å²) < 4.78 is 11.2. The number of likely N-dealkylation sites (tertiary alicyclic amines) is 1. The Balaban J connectivity index is 1.73. The molecule has 0 spiro atoms. The first-order valence-corrected chi connectivity index (χ1v) is 9.00. The van der Waals surface area contributed by atoms with Crippen LogP contribution in [0, 0.1) is 5.92 Å². The number of rotatable bonds is 5. The van der Waals surface area contributed by atoms with E-state index in [1.165, 1.54) is 0 Å². The lowest BCUT2D eigenvalue weighted by Gasteiger charge is -2.37. The Bertz CT molecular complexity index is 562. The van der Waals surface area contributed by atoms with E-state index >= 15 is 0 Å². The number of aliphatic hydroxyl groups excluding tert-OH is 1. The van der Waals surface area contributed by atoms with Crippen molar-refractivity contribution in [3.05, 3.63) is 29.8 Å². The Hall–Kier alpha value is -1.59. The molecule has 2 heterocycles. The number of carbonyl (C=O) groups is 1. The molecular weight excluding hydrogens is 306 g/mol. The molecule has 0 bridgehead atoms. The van der Waals surface area contributed by atoms with Gasteiger partial charge in [0.05, 0.1) is 19.3 Å². The van der Waals surface area contributed by atoms with Crippen LogP contribution >= 0.6 is 0 Å². The summed E-state index contributed by atoms with van der Waals surface area (Å²) in [7, 11) is 0. The number of carbonyl (C=O) groups excluding carboxylic acids is 1. The highest BCUT2D eigenvalue weighted by Crippen LogP contribution is 2.31. The maximum absolute atomic E-state index is 13.0. The number of ether oxygens (including phenoxy) is 2. The van der Waals surface area contributed by atoms with E-state index in [1.807, 2.05) is 29.2 Å². The van der Waals surface area contributed by atoms with Crippen LogP contribution in [0.4, 0.5) is 0 Å². The molecule has 0 unspecified atom stereocenters. The smallest absolute Gasteiger partial charge is 0.254 e. The van der Waals surface area contributed by atoms with Crippen LogP contribution in [-0.2, 0) is 4.74 Å². The van der Waals surface area contributed by atoms with E-state index in [2.05, 4.69) is 6.92 Å². The van der Waals surface area contributed by atoms with Crippen molar-refractivity contribution in [1.29, 1.82) is 0 Å². The second-order valence-corrected chi connectivity index (χ2v) is 6.68. The molecule has 24 heavy (non-hydrogen) atoms. The number of hydrogen-bond donors (Lipinski definition) is 1. The summed E-state index contributed by atoms with van der Waals surface area (Å²) in [5.74, 6) is 0.779. The second-order valence-electron chi connectivity index (χ2n) is 6.68. The molecule has 1 amide bonds. The topological polar surface area (TPSA) is 59.0 Å². The molecule has 2 aliphatic rings. The third kappa shape index (κ3) is 3.73. The highest BCUT2D eigenvalue weighted by Gasteiger charge is 2.39. The van der Waals surface area contributed by atoms with Crippen molar-refractivity contribution in [2.24, 2.45) is 5.92 Å². The lowest BCUT2D eigenvalue weighted by molar-refractivity contribution is -0.0589. The molecule has 5 nitrogen and oxygen atoms in total. The number of hydrogen-bond acceptors (Lipinski definition) is 4. The Morgan fingerprint density at radius 2 is 2.29 bits per heavy atom. The van der Waals surface area contributed by atoms with Crippen LogP contribution in [0.3, 0.4) is 0 Å². The van der Waals surface area contributed by atoms with E-state index in [-0.39, 0.29) is 24.0 Å². The highest BCUT2D eigenvalue weighted by molar-refractivity contribution is 5.95. The lowest BCUT2D eigenvalue weighted by Crippen LogP contribution is -2.48. The molecule has 0 aliphatic carbocycles. The first-order chi connectivity index (χ1) is 11.7. The van der Waals surface area contributed by atoms with Crippen molar-refractivity contribution in [3.63, 3.8) is 0 Å². The molecule has 1 N–H and O–H groups in total. The van der Waals surface area contributed by atoms with Gasteiger partial charge < -0.3 is 19.5 Å². The molecule has 3 atom stereocenters. The summed E-state index contributed by atoms with van der Waals surface area (Å²) in [4.78, 5) is 14.9. The van der Waals surface area contributed by atoms with Crippen LogP contribution in [0.15, 0.2) is 24.3 Å². The Morgan fingerprint density at radius 3 is 3.08 bits per heavy atom. The molecule has 2 fully saturated rings. The Morgan fingerprint density at radius 1 is 1.42 bits per heavy atom. The summed E-state index contributed by atoms with van der Waals surface area (Å²) in [6.45, 7) is 4.59. The van der Waals surface area contributed by atoms with E-state index < -0.39 is 0 Å². The maximum Gasteiger partial charge on any atom is 0.254 e. The summed E-state index contributed by atoms with van der Waals surface area (Å²) in [6.07, 6.45) is 3.13. The van der Waals surface area contributed by atoms with Gasteiger partial charge in [0.25, 0.3) is 5.91 Å². The van der Waals surface area contributed by atoms with Gasteiger partial charge in [0.1, 0.15) is 5.75 Å². The normalized spacial score (nSPS) is 27.2. The van der Waals surface area contributed by atoms with Gasteiger partial charge in [-0.25, -0.2) is 0 Å². The fourth-order valence-corrected chi connectivity index (χ4v) is 3.71. The van der Waals surface area contributed by atoms with Crippen LogP contribution in [0.5, 0.6) is 5.75 Å². The molecule has 1 aromatic carbocycles. The van der Waals surface area contributed by atoms with Crippen molar-refractivity contribution >= 4 is 5.91 Å². The minimum Gasteiger partial charge on any atom is -0.494 e. The molecule has 5 heteroatoms. The zero-order valence-electron chi connectivity index (χ0n) is 14.3. The van der Waals surface area contributed by atoms with Gasteiger partial charge in [0.15, 0.2) is 0 Å². The minimum atomic E-state index is -0.378. The first-order valence-electron chi connectivity index (χ1n) is 9.00. The zero-order valence-corrected chi connectivity index (χ0v) is 14.3. The second kappa shape index (κ2) is 7.99. The van der Waals surface area contributed by atoms with Crippen molar-refractivity contribution < 1.29 is 19.4 Å². The van der Waals surface area contributed by atoms with Gasteiger partial charge in [0, 0.05) is 30.7 Å². The maximum atomic E-state index is 13.0. The van der Waals surface area contributed by atoms with Crippen molar-refractivity contribution in [1.82, 2.24) is 4.90 Å². The van der Waals surface area contributed by atoms with Crippen molar-refractivity contribution in [2.45, 2.75) is 44.8 Å². The van der Waals surface area contributed by atoms with E-state index in [0.717, 1.165) is 31.6 Å². The summed E-state index contributed by atoms with van der Waals surface area (Å²) in [6, 6.07) is 7.47. The molecule has 0 saturated carbocycles. The number of nitrogens with zero attached hydrogens (tertiary/aromatic N) is 1. The molecule has 1 aromatic rings. The van der Waals surface area contributed by atoms with Gasteiger partial charge in [-0.3, -0.25) is 4.79 Å². The molecule has 2 aliphatic heterocycles. The minimum absolute atomic E-state index is 0.0183. The summed E-state index contributed by atoms with van der Waals surface area (Å²) in [5, 5.41) is 10.3. The van der Waals surface area contributed by atoms with Gasteiger partial charge in [-0.05, 0) is 43.9 Å². The highest BCUT2D eigenvalue weighted by atomic mass is 16.5. The van der Waals surface area contributed by atoms with Crippen LogP contribution in [0.2, 0.25) is 0 Å². The lowest BCUT2D eigenvalue weighted by atomic mass is 9.89. The predicted octanol–water partition coefficient (Wildman–Crippen LogP) is 2.48. The van der Waals surface area contributed by atoms with E-state index in [1.54, 1.807) is 0 Å².